The van der Waals surface area contributed by atoms with Crippen molar-refractivity contribution >= 4 is 17.3 Å². The minimum atomic E-state index is -0.0919. The van der Waals surface area contributed by atoms with Crippen molar-refractivity contribution in [2.75, 3.05) is 20.3 Å². The van der Waals surface area contributed by atoms with Crippen LogP contribution in [0.1, 0.15) is 29.9 Å². The molecular weight excluding hydrogens is 384 g/mol. The molecule has 0 saturated carbocycles. The second-order valence-electron chi connectivity index (χ2n) is 6.87. The van der Waals surface area contributed by atoms with Gasteiger partial charge in [0.05, 0.1) is 30.6 Å². The van der Waals surface area contributed by atoms with Gasteiger partial charge in [-0.05, 0) is 55.0 Å². The zero-order valence-electron chi connectivity index (χ0n) is 16.2. The number of thiocarbonyl (C=S) groups is 1. The summed E-state index contributed by atoms with van der Waals surface area (Å²) in [5.41, 5.74) is 2.98. The fraction of sp³-hybridized carbons (Fsp3) is 0.273. The van der Waals surface area contributed by atoms with Crippen LogP contribution < -0.4 is 10.1 Å². The molecule has 1 aliphatic heterocycles. The van der Waals surface area contributed by atoms with Crippen molar-refractivity contribution < 1.29 is 9.84 Å². The molecule has 0 amide bonds. The van der Waals surface area contributed by atoms with Gasteiger partial charge in [-0.15, -0.1) is 0 Å². The van der Waals surface area contributed by atoms with Crippen LogP contribution in [0.4, 0.5) is 0 Å². The summed E-state index contributed by atoms with van der Waals surface area (Å²) >= 11 is 5.66. The molecule has 150 valence electrons. The number of aliphatic hydroxyl groups is 1. The van der Waals surface area contributed by atoms with Gasteiger partial charge in [-0.25, -0.2) is 0 Å². The molecule has 3 heterocycles. The van der Waals surface area contributed by atoms with E-state index in [0.29, 0.717) is 18.1 Å². The van der Waals surface area contributed by atoms with Crippen molar-refractivity contribution in [3.05, 3.63) is 78.4 Å². The molecular formula is C22H24N4O2S. The maximum Gasteiger partial charge on any atom is 0.170 e. The third-order valence-corrected chi connectivity index (χ3v) is 5.54. The van der Waals surface area contributed by atoms with Crippen molar-refractivity contribution in [3.8, 4) is 11.4 Å². The van der Waals surface area contributed by atoms with Crippen molar-refractivity contribution in [1.82, 2.24) is 19.8 Å². The molecule has 6 nitrogen and oxygen atoms in total. The topological polar surface area (TPSA) is 62.5 Å². The molecule has 1 saturated heterocycles. The van der Waals surface area contributed by atoms with Crippen LogP contribution in [0.25, 0.3) is 5.69 Å². The third kappa shape index (κ3) is 3.71. The van der Waals surface area contributed by atoms with Crippen LogP contribution in [0.15, 0.2) is 67.0 Å². The van der Waals surface area contributed by atoms with Crippen molar-refractivity contribution in [2.24, 2.45) is 0 Å². The fourth-order valence-electron chi connectivity index (χ4n) is 3.89. The highest BCUT2D eigenvalue weighted by Crippen LogP contribution is 2.40. The maximum atomic E-state index is 9.39. The second kappa shape index (κ2) is 8.63. The van der Waals surface area contributed by atoms with Gasteiger partial charge in [-0.3, -0.25) is 4.98 Å². The normalized spacial score (nSPS) is 18.7. The Labute approximate surface area is 175 Å². The predicted octanol–water partition coefficient (Wildman–Crippen LogP) is 3.24. The zero-order valence-corrected chi connectivity index (χ0v) is 17.0. The molecule has 2 N–H and O–H groups in total. The Morgan fingerprint density at radius 3 is 2.72 bits per heavy atom. The quantitative estimate of drug-likeness (QED) is 0.586. The molecule has 1 aliphatic rings. The molecule has 0 spiro atoms. The van der Waals surface area contributed by atoms with Crippen molar-refractivity contribution in [3.63, 3.8) is 0 Å². The SMILES string of the molecule is COc1ccccc1-n1cccc1[C@@H]1[C@H](c2ccccn2)NC(=S)N1CCCO. The number of benzene rings is 1. The van der Waals surface area contributed by atoms with E-state index in [1.807, 2.05) is 54.7 Å². The Morgan fingerprint density at radius 2 is 1.97 bits per heavy atom. The summed E-state index contributed by atoms with van der Waals surface area (Å²) in [5, 5.41) is 13.5. The van der Waals surface area contributed by atoms with E-state index in [4.69, 9.17) is 17.0 Å². The monoisotopic (exact) mass is 408 g/mol. The number of para-hydroxylation sites is 2. The largest absolute Gasteiger partial charge is 0.495 e. The van der Waals surface area contributed by atoms with Crippen LogP contribution in [0.5, 0.6) is 5.75 Å². The Bertz CT molecular complexity index is 976. The lowest BCUT2D eigenvalue weighted by Gasteiger charge is -2.29. The maximum absolute atomic E-state index is 9.39. The van der Waals surface area contributed by atoms with E-state index in [-0.39, 0.29) is 18.7 Å². The molecule has 4 rings (SSSR count). The van der Waals surface area contributed by atoms with Crippen LogP contribution in [-0.4, -0.2) is 44.9 Å². The van der Waals surface area contributed by atoms with Crippen LogP contribution in [0.3, 0.4) is 0 Å². The van der Waals surface area contributed by atoms with E-state index in [2.05, 4.69) is 25.8 Å². The number of ether oxygens (including phenoxy) is 1. The molecule has 29 heavy (non-hydrogen) atoms. The highest BCUT2D eigenvalue weighted by Gasteiger charge is 2.41. The van der Waals surface area contributed by atoms with Gasteiger partial charge in [0.2, 0.25) is 0 Å². The zero-order chi connectivity index (χ0) is 20.2. The van der Waals surface area contributed by atoms with E-state index in [9.17, 15) is 5.11 Å². The van der Waals surface area contributed by atoms with E-state index >= 15 is 0 Å². The van der Waals surface area contributed by atoms with E-state index in [1.165, 1.54) is 0 Å². The summed E-state index contributed by atoms with van der Waals surface area (Å²) in [5.74, 6) is 0.801. The van der Waals surface area contributed by atoms with Gasteiger partial charge in [-0.2, -0.15) is 0 Å². The minimum Gasteiger partial charge on any atom is -0.495 e. The van der Waals surface area contributed by atoms with E-state index in [0.717, 1.165) is 22.8 Å². The molecule has 7 heteroatoms. The van der Waals surface area contributed by atoms with Gasteiger partial charge in [-0.1, -0.05) is 18.2 Å². The first-order valence-corrected chi connectivity index (χ1v) is 10.0. The summed E-state index contributed by atoms with van der Waals surface area (Å²) in [6, 6.07) is 17.8. The van der Waals surface area contributed by atoms with Gasteiger partial charge in [0.1, 0.15) is 5.75 Å². The first-order chi connectivity index (χ1) is 14.2. The summed E-state index contributed by atoms with van der Waals surface area (Å²) in [7, 11) is 1.68. The molecule has 2 atom stereocenters. The number of hydrogen-bond acceptors (Lipinski definition) is 4. The molecule has 0 radical (unpaired) electrons. The molecule has 1 fully saturated rings. The summed E-state index contributed by atoms with van der Waals surface area (Å²) in [6.07, 6.45) is 4.48. The standard InChI is InChI=1S/C22H24N4O2S/c1-28-19-11-3-2-9-17(19)25-13-6-10-18(25)21-20(16-8-4-5-12-23-16)24-22(29)26(21)14-7-15-27/h2-6,8-13,20-21,27H,7,14-15H2,1H3,(H,24,29)/t20-,21+/m0/s1. The highest BCUT2D eigenvalue weighted by molar-refractivity contribution is 7.80. The number of pyridine rings is 1. The van der Waals surface area contributed by atoms with Crippen molar-refractivity contribution in [1.29, 1.82) is 0 Å². The van der Waals surface area contributed by atoms with Gasteiger partial charge in [0, 0.05) is 31.2 Å². The van der Waals surface area contributed by atoms with Crippen LogP contribution >= 0.6 is 12.2 Å². The van der Waals surface area contributed by atoms with Gasteiger partial charge >= 0.3 is 0 Å². The molecule has 0 aliphatic carbocycles. The number of rotatable bonds is 7. The number of methoxy groups -OCH3 is 1. The molecule has 2 aromatic heterocycles. The number of hydrogen-bond donors (Lipinski definition) is 2. The van der Waals surface area contributed by atoms with Gasteiger partial charge in [0.25, 0.3) is 0 Å². The Morgan fingerprint density at radius 1 is 1.14 bits per heavy atom. The van der Waals surface area contributed by atoms with E-state index < -0.39 is 0 Å². The first-order valence-electron chi connectivity index (χ1n) is 9.64. The van der Waals surface area contributed by atoms with Crippen LogP contribution in [0, 0.1) is 0 Å². The van der Waals surface area contributed by atoms with Crippen molar-refractivity contribution in [2.45, 2.75) is 18.5 Å². The Kier molecular flexibility index (Phi) is 5.78. The average Bonchev–Trinajstić information content (AvgIpc) is 3.37. The predicted molar refractivity (Wildman–Crippen MR) is 116 cm³/mol. The molecule has 1 aromatic carbocycles. The number of nitrogens with zero attached hydrogens (tertiary/aromatic N) is 3. The first kappa shape index (κ1) is 19.4. The number of aromatic nitrogens is 2. The number of aliphatic hydroxyl groups excluding tert-OH is 1. The number of nitrogens with one attached hydrogen (secondary N) is 1. The lowest BCUT2D eigenvalue weighted by Crippen LogP contribution is -2.31. The summed E-state index contributed by atoms with van der Waals surface area (Å²) in [6.45, 7) is 0.779. The lowest BCUT2D eigenvalue weighted by atomic mass is 10.0. The molecule has 0 bridgehead atoms. The average molecular weight is 409 g/mol. The van der Waals surface area contributed by atoms with Crippen LogP contribution in [-0.2, 0) is 0 Å². The van der Waals surface area contributed by atoms with Gasteiger partial charge in [0.15, 0.2) is 5.11 Å². The smallest absolute Gasteiger partial charge is 0.170 e. The Balaban J connectivity index is 1.81. The molecule has 3 aromatic rings. The Hall–Kier alpha value is -2.90. The van der Waals surface area contributed by atoms with E-state index in [1.54, 1.807) is 13.3 Å². The molecule has 0 unspecified atom stereocenters. The second-order valence-corrected chi connectivity index (χ2v) is 7.26. The minimum absolute atomic E-state index is 0.0659. The highest BCUT2D eigenvalue weighted by atomic mass is 32.1. The third-order valence-electron chi connectivity index (χ3n) is 5.18. The van der Waals surface area contributed by atoms with Crippen LogP contribution in [0.2, 0.25) is 0 Å². The summed E-state index contributed by atoms with van der Waals surface area (Å²) < 4.78 is 7.73. The lowest BCUT2D eigenvalue weighted by molar-refractivity contribution is 0.244. The summed E-state index contributed by atoms with van der Waals surface area (Å²) in [4.78, 5) is 6.72. The van der Waals surface area contributed by atoms with Gasteiger partial charge < -0.3 is 24.6 Å². The fourth-order valence-corrected chi connectivity index (χ4v) is 4.22.